The van der Waals surface area contributed by atoms with Gasteiger partial charge in [-0.15, -0.1) is 0 Å². The van der Waals surface area contributed by atoms with Crippen LogP contribution < -0.4 is 16.4 Å². The van der Waals surface area contributed by atoms with Crippen LogP contribution in [0.4, 0.5) is 11.4 Å². The molecule has 0 saturated heterocycles. The number of hydrogen-bond acceptors (Lipinski definition) is 3. The van der Waals surface area contributed by atoms with E-state index in [2.05, 4.69) is 132 Å². The smallest absolute Gasteiger partial charge is 0.0385 e. The second-order valence-electron chi connectivity index (χ2n) is 9.94. The van der Waals surface area contributed by atoms with E-state index in [1.165, 1.54) is 28.7 Å². The van der Waals surface area contributed by atoms with Gasteiger partial charge in [0, 0.05) is 28.5 Å². The summed E-state index contributed by atoms with van der Waals surface area (Å²) < 4.78 is 0. The quantitative estimate of drug-likeness (QED) is 0.248. The van der Waals surface area contributed by atoms with Crippen LogP contribution in [0, 0.1) is 6.92 Å². The first-order valence-corrected chi connectivity index (χ1v) is 16.5. The van der Waals surface area contributed by atoms with Crippen molar-refractivity contribution in [1.29, 1.82) is 0 Å². The minimum absolute atomic E-state index is 0.839. The van der Waals surface area contributed by atoms with Gasteiger partial charge < -0.3 is 16.4 Å². The molecule has 246 valence electrons. The second kappa shape index (κ2) is 27.3. The third kappa shape index (κ3) is 18.9. The molecule has 0 aromatic heterocycles. The Balaban J connectivity index is 0. The molecule has 0 unspecified atom stereocenters. The van der Waals surface area contributed by atoms with Gasteiger partial charge in [0.25, 0.3) is 0 Å². The third-order valence-corrected chi connectivity index (χ3v) is 6.03. The van der Waals surface area contributed by atoms with Gasteiger partial charge in [-0.2, -0.15) is 0 Å². The Hall–Kier alpha value is -4.24. The molecule has 0 atom stereocenters. The summed E-state index contributed by atoms with van der Waals surface area (Å²) in [5, 5.41) is 6.78. The Morgan fingerprint density at radius 3 is 1.89 bits per heavy atom. The van der Waals surface area contributed by atoms with E-state index in [0.29, 0.717) is 0 Å². The monoisotopic (exact) mass is 610 g/mol. The molecular formula is C42H63N3. The molecule has 0 spiro atoms. The van der Waals surface area contributed by atoms with Crippen LogP contribution in [0.2, 0.25) is 0 Å². The first-order valence-electron chi connectivity index (χ1n) is 16.5. The van der Waals surface area contributed by atoms with Crippen LogP contribution in [0.15, 0.2) is 138 Å². The molecular weight excluding hydrogens is 546 g/mol. The maximum Gasteiger partial charge on any atom is 0.0385 e. The number of anilines is 2. The molecule has 3 rings (SSSR count). The fraction of sp³-hybridized carbons (Fsp3) is 0.333. The van der Waals surface area contributed by atoms with Crippen molar-refractivity contribution in [3.05, 3.63) is 150 Å². The number of benzene rings is 2. The predicted octanol–water partition coefficient (Wildman–Crippen LogP) is 13.1. The van der Waals surface area contributed by atoms with Gasteiger partial charge >= 0.3 is 0 Å². The molecule has 3 heteroatoms. The molecule has 1 aliphatic carbocycles. The van der Waals surface area contributed by atoms with E-state index in [9.17, 15) is 0 Å². The van der Waals surface area contributed by atoms with Crippen LogP contribution in [-0.2, 0) is 0 Å². The summed E-state index contributed by atoms with van der Waals surface area (Å²) in [6, 6.07) is 16.6. The van der Waals surface area contributed by atoms with Gasteiger partial charge in [0.05, 0.1) is 0 Å². The lowest BCUT2D eigenvalue weighted by molar-refractivity contribution is 1.09. The molecule has 3 nitrogen and oxygen atoms in total. The minimum atomic E-state index is 0.839. The molecule has 1 aliphatic rings. The zero-order valence-electron chi connectivity index (χ0n) is 30.4. The molecule has 0 radical (unpaired) electrons. The van der Waals surface area contributed by atoms with E-state index in [0.717, 1.165) is 46.9 Å². The van der Waals surface area contributed by atoms with Crippen LogP contribution in [-0.4, -0.2) is 0 Å². The highest BCUT2D eigenvalue weighted by atomic mass is 14.9. The van der Waals surface area contributed by atoms with Crippen LogP contribution in [0.25, 0.3) is 5.70 Å². The second-order valence-corrected chi connectivity index (χ2v) is 9.94. The van der Waals surface area contributed by atoms with Gasteiger partial charge in [-0.3, -0.25) is 0 Å². The summed E-state index contributed by atoms with van der Waals surface area (Å²) in [6.07, 6.45) is 19.3. The highest BCUT2D eigenvalue weighted by Crippen LogP contribution is 2.23. The van der Waals surface area contributed by atoms with Crippen LogP contribution in [0.1, 0.15) is 99.6 Å². The highest BCUT2D eigenvalue weighted by Gasteiger charge is 2.04. The van der Waals surface area contributed by atoms with Crippen molar-refractivity contribution in [1.82, 2.24) is 0 Å². The maximum atomic E-state index is 5.74. The van der Waals surface area contributed by atoms with Crippen LogP contribution in [0.5, 0.6) is 0 Å². The zero-order valence-corrected chi connectivity index (χ0v) is 30.4. The minimum Gasteiger partial charge on any atom is -0.399 e. The van der Waals surface area contributed by atoms with Gasteiger partial charge in [-0.25, -0.2) is 0 Å². The lowest BCUT2D eigenvalue weighted by Crippen LogP contribution is -1.99. The molecule has 4 N–H and O–H groups in total. The molecule has 45 heavy (non-hydrogen) atoms. The number of aryl methyl sites for hydroxylation is 1. The Morgan fingerprint density at radius 2 is 1.40 bits per heavy atom. The Bertz CT molecular complexity index is 1280. The Kier molecular flexibility index (Phi) is 26.0. The van der Waals surface area contributed by atoms with Gasteiger partial charge in [0.15, 0.2) is 0 Å². The summed E-state index contributed by atoms with van der Waals surface area (Å²) in [7, 11) is 0. The molecule has 2 aromatic carbocycles. The van der Waals surface area contributed by atoms with Gasteiger partial charge in [0.2, 0.25) is 0 Å². The maximum absolute atomic E-state index is 5.74. The number of allylic oxidation sites excluding steroid dienone is 11. The lowest BCUT2D eigenvalue weighted by Gasteiger charge is -2.12. The number of rotatable bonds is 9. The summed E-state index contributed by atoms with van der Waals surface area (Å²) >= 11 is 0. The predicted molar refractivity (Wildman–Crippen MR) is 208 cm³/mol. The van der Waals surface area contributed by atoms with Crippen LogP contribution in [0.3, 0.4) is 0 Å². The Morgan fingerprint density at radius 1 is 0.867 bits per heavy atom. The highest BCUT2D eigenvalue weighted by molar-refractivity contribution is 5.76. The lowest BCUT2D eigenvalue weighted by atomic mass is 9.99. The molecule has 0 bridgehead atoms. The molecule has 0 amide bonds. The van der Waals surface area contributed by atoms with Crippen molar-refractivity contribution in [3.8, 4) is 0 Å². The Labute approximate surface area is 277 Å². The van der Waals surface area contributed by atoms with E-state index >= 15 is 0 Å². The van der Waals surface area contributed by atoms with Gasteiger partial charge in [-0.1, -0.05) is 134 Å². The summed E-state index contributed by atoms with van der Waals surface area (Å²) in [5.74, 6) is 0. The fourth-order valence-electron chi connectivity index (χ4n) is 3.89. The van der Waals surface area contributed by atoms with Crippen LogP contribution >= 0.6 is 0 Å². The normalized spacial score (nSPS) is 12.4. The molecule has 0 heterocycles. The van der Waals surface area contributed by atoms with E-state index in [1.807, 2.05) is 65.0 Å². The molecule has 0 saturated carbocycles. The number of hydrogen-bond donors (Lipinski definition) is 3. The van der Waals surface area contributed by atoms with Crippen molar-refractivity contribution < 1.29 is 0 Å². The topological polar surface area (TPSA) is 50.1 Å². The molecule has 0 aliphatic heterocycles. The van der Waals surface area contributed by atoms with Crippen molar-refractivity contribution in [2.75, 3.05) is 10.6 Å². The van der Waals surface area contributed by atoms with E-state index < -0.39 is 0 Å². The van der Waals surface area contributed by atoms with Gasteiger partial charge in [0.1, 0.15) is 0 Å². The summed E-state index contributed by atoms with van der Waals surface area (Å²) in [5.41, 5.74) is 16.9. The van der Waals surface area contributed by atoms with E-state index in [-0.39, 0.29) is 0 Å². The average Bonchev–Trinajstić information content (AvgIpc) is 3.21. The molecule has 2 aromatic rings. The van der Waals surface area contributed by atoms with Crippen molar-refractivity contribution in [3.63, 3.8) is 0 Å². The first kappa shape index (κ1) is 42.9. The van der Waals surface area contributed by atoms with E-state index in [4.69, 9.17) is 5.73 Å². The first-order chi connectivity index (χ1) is 21.7. The van der Waals surface area contributed by atoms with Gasteiger partial charge in [-0.05, 0) is 99.2 Å². The number of nitrogens with one attached hydrogen (secondary N) is 2. The largest absolute Gasteiger partial charge is 0.399 e. The number of nitrogens with two attached hydrogens (primary N) is 1. The summed E-state index contributed by atoms with van der Waals surface area (Å²) in [4.78, 5) is 0. The third-order valence-electron chi connectivity index (χ3n) is 6.03. The van der Waals surface area contributed by atoms with Crippen molar-refractivity contribution in [2.45, 2.75) is 95.4 Å². The standard InChI is InChI=1S/C22H26N2.C13H17N.C3H8.2C2H6/c1-5-7-20(8-6-2)24-22-15-13-21(14-16-22)23-18(4)19-11-9-17(3)10-12-19;1-4-5-10(2)13-9-8-12(14)7-6-11(13)3;1-3-2;2*1-2/h5,7-16,23-24H,4,6H2,1-3H3;4-8H,1,9,14H2,2-3H3;3H2,1-2H3;2*1-2H3/b7-5-,20-8+;10-5-;;;. The summed E-state index contributed by atoms with van der Waals surface area (Å²) in [6.45, 7) is 30.5. The van der Waals surface area contributed by atoms with Crippen molar-refractivity contribution >= 4 is 17.1 Å². The van der Waals surface area contributed by atoms with Crippen molar-refractivity contribution in [2.24, 2.45) is 5.73 Å². The fourth-order valence-corrected chi connectivity index (χ4v) is 3.89. The SMILES string of the molecule is C=C(Nc1ccc(NC(/C=C\C)=C/CC)cc1)c1ccc(C)cc1.C=C/C=C(/C)C1=C(C)C=CC(N)=CC1.CC.CC.CCC. The molecule has 0 fully saturated rings. The van der Waals surface area contributed by atoms with E-state index in [1.54, 1.807) is 0 Å². The zero-order chi connectivity index (χ0) is 34.6. The average molecular weight is 610 g/mol.